The molecular formula is C21H22N4O6S3. The maximum Gasteiger partial charge on any atom is 0.352 e. The normalized spacial score (nSPS) is 22.7. The molecule has 0 saturated carbocycles. The molecule has 0 radical (unpaired) electrons. The Labute approximate surface area is 207 Å². The molecule has 0 aliphatic carbocycles. The Hall–Kier alpha value is -2.45. The molecule has 180 valence electrons. The number of thioether (sulfide) groups is 2. The van der Waals surface area contributed by atoms with E-state index < -0.39 is 35.0 Å². The summed E-state index contributed by atoms with van der Waals surface area (Å²) in [6.45, 7) is 3.61. The van der Waals surface area contributed by atoms with E-state index >= 15 is 0 Å². The first-order valence-corrected chi connectivity index (χ1v) is 13.2. The molecule has 2 aliphatic rings. The third-order valence-electron chi connectivity index (χ3n) is 5.23. The van der Waals surface area contributed by atoms with Crippen molar-refractivity contribution < 1.29 is 29.3 Å². The van der Waals surface area contributed by atoms with Crippen molar-refractivity contribution in [2.45, 2.75) is 35.4 Å². The van der Waals surface area contributed by atoms with Crippen molar-refractivity contribution in [2.24, 2.45) is 0 Å². The van der Waals surface area contributed by atoms with Gasteiger partial charge >= 0.3 is 5.97 Å². The second kappa shape index (κ2) is 10.0. The van der Waals surface area contributed by atoms with Crippen LogP contribution in [0.4, 0.5) is 0 Å². The zero-order valence-corrected chi connectivity index (χ0v) is 20.7. The third kappa shape index (κ3) is 4.45. The second-order valence-corrected chi connectivity index (χ2v) is 10.9. The number of benzene rings is 1. The Balaban J connectivity index is 1.56. The van der Waals surface area contributed by atoms with Gasteiger partial charge in [-0.3, -0.25) is 14.5 Å². The Morgan fingerprint density at radius 3 is 2.71 bits per heavy atom. The van der Waals surface area contributed by atoms with Gasteiger partial charge in [0.05, 0.1) is 0 Å². The van der Waals surface area contributed by atoms with Crippen LogP contribution in [0.25, 0.3) is 0 Å². The number of aliphatic carboxylic acids is 1. The highest BCUT2D eigenvalue weighted by Gasteiger charge is 2.67. The van der Waals surface area contributed by atoms with Gasteiger partial charge in [0.2, 0.25) is 0 Å². The number of nitrogens with one attached hydrogen (secondary N) is 1. The molecule has 1 saturated heterocycles. The summed E-state index contributed by atoms with van der Waals surface area (Å²) in [7, 11) is 0. The summed E-state index contributed by atoms with van der Waals surface area (Å²) >= 11 is 4.07. The second-order valence-electron chi connectivity index (χ2n) is 7.44. The molecular weight excluding hydrogens is 500 g/mol. The topological polar surface area (TPSA) is 142 Å². The minimum atomic E-state index is -1.76. The van der Waals surface area contributed by atoms with Gasteiger partial charge in [-0.15, -0.1) is 22.0 Å². The lowest BCUT2D eigenvalue weighted by molar-refractivity contribution is -0.198. The average Bonchev–Trinajstić information content (AvgIpc) is 3.26. The van der Waals surface area contributed by atoms with Crippen molar-refractivity contribution in [3.63, 3.8) is 0 Å². The number of carbonyl (C=O) groups is 3. The number of hydrogen-bond donors (Lipinski definition) is 3. The van der Waals surface area contributed by atoms with Crippen molar-refractivity contribution >= 4 is 52.6 Å². The molecule has 2 aliphatic heterocycles. The van der Waals surface area contributed by atoms with Crippen molar-refractivity contribution in [2.75, 3.05) is 18.1 Å². The molecule has 10 nitrogen and oxygen atoms in total. The number of ether oxygens (including phenoxy) is 1. The lowest BCUT2D eigenvalue weighted by Gasteiger charge is -2.56. The van der Waals surface area contributed by atoms with Crippen molar-refractivity contribution in [1.82, 2.24) is 20.4 Å². The Kier molecular flexibility index (Phi) is 7.28. The molecule has 0 spiro atoms. The molecule has 2 unspecified atom stereocenters. The SMILES string of the molecule is CCOC1(NC(=O)C(O)c2ccccc2)C(=O)N2C(C(=O)O)=C(CSc3nnc(C)s3)CS[C@H]21. The van der Waals surface area contributed by atoms with Gasteiger partial charge in [-0.2, -0.15) is 0 Å². The van der Waals surface area contributed by atoms with E-state index in [9.17, 15) is 24.6 Å². The predicted molar refractivity (Wildman–Crippen MR) is 127 cm³/mol. The van der Waals surface area contributed by atoms with E-state index in [2.05, 4.69) is 15.5 Å². The number of carboxylic acids is 1. The summed E-state index contributed by atoms with van der Waals surface area (Å²) in [6.07, 6.45) is -1.51. The molecule has 1 aromatic carbocycles. The van der Waals surface area contributed by atoms with Crippen LogP contribution >= 0.6 is 34.9 Å². The molecule has 1 aromatic heterocycles. The minimum absolute atomic E-state index is 0.101. The number of hydrogen-bond acceptors (Lipinski definition) is 10. The summed E-state index contributed by atoms with van der Waals surface area (Å²) in [4.78, 5) is 39.4. The summed E-state index contributed by atoms with van der Waals surface area (Å²) < 4.78 is 6.42. The Morgan fingerprint density at radius 2 is 2.09 bits per heavy atom. The van der Waals surface area contributed by atoms with E-state index in [-0.39, 0.29) is 12.3 Å². The molecule has 4 rings (SSSR count). The Bertz CT molecular complexity index is 1140. The van der Waals surface area contributed by atoms with Crippen LogP contribution in [-0.4, -0.2) is 72.3 Å². The summed E-state index contributed by atoms with van der Waals surface area (Å²) in [5.41, 5.74) is -0.942. The van der Waals surface area contributed by atoms with Gasteiger partial charge in [0.15, 0.2) is 10.4 Å². The zero-order chi connectivity index (χ0) is 24.5. The summed E-state index contributed by atoms with van der Waals surface area (Å²) in [5, 5.41) is 30.9. The first-order valence-electron chi connectivity index (χ1n) is 10.3. The Morgan fingerprint density at radius 1 is 1.35 bits per heavy atom. The molecule has 1 fully saturated rings. The van der Waals surface area contributed by atoms with Gasteiger partial charge in [0.25, 0.3) is 17.5 Å². The molecule has 0 bridgehead atoms. The largest absolute Gasteiger partial charge is 0.477 e. The molecule has 13 heteroatoms. The molecule has 2 amide bonds. The van der Waals surface area contributed by atoms with E-state index in [1.165, 1.54) is 34.9 Å². The molecule has 2 aromatic rings. The van der Waals surface area contributed by atoms with Crippen LogP contribution < -0.4 is 5.32 Å². The third-order valence-corrected chi connectivity index (χ3v) is 8.67. The minimum Gasteiger partial charge on any atom is -0.477 e. The van der Waals surface area contributed by atoms with Gasteiger partial charge in [-0.05, 0) is 25.0 Å². The smallest absolute Gasteiger partial charge is 0.352 e. The highest BCUT2D eigenvalue weighted by atomic mass is 32.2. The maximum absolute atomic E-state index is 13.3. The predicted octanol–water partition coefficient (Wildman–Crippen LogP) is 1.78. The summed E-state index contributed by atoms with van der Waals surface area (Å²) in [6, 6.07) is 8.31. The van der Waals surface area contributed by atoms with Crippen LogP contribution in [0, 0.1) is 6.92 Å². The van der Waals surface area contributed by atoms with Gasteiger partial charge in [0, 0.05) is 18.1 Å². The number of carbonyl (C=O) groups excluding carboxylic acids is 2. The van der Waals surface area contributed by atoms with Gasteiger partial charge in [-0.1, -0.05) is 53.4 Å². The highest BCUT2D eigenvalue weighted by molar-refractivity contribution is 8.01. The number of nitrogens with zero attached hydrogens (tertiary/aromatic N) is 3. The first-order chi connectivity index (χ1) is 16.3. The quantitative estimate of drug-likeness (QED) is 0.253. The van der Waals surface area contributed by atoms with Gasteiger partial charge in [0.1, 0.15) is 16.1 Å². The van der Waals surface area contributed by atoms with E-state index in [1.807, 2.05) is 6.92 Å². The van der Waals surface area contributed by atoms with Crippen LogP contribution in [0.5, 0.6) is 0 Å². The number of aliphatic hydroxyl groups excluding tert-OH is 1. The van der Waals surface area contributed by atoms with Crippen LogP contribution in [0.2, 0.25) is 0 Å². The number of fused-ring (bicyclic) bond motifs is 1. The van der Waals surface area contributed by atoms with Crippen LogP contribution in [-0.2, 0) is 19.1 Å². The fraction of sp³-hybridized carbons (Fsp3) is 0.381. The molecule has 3 heterocycles. The van der Waals surface area contributed by atoms with Crippen LogP contribution in [0.3, 0.4) is 0 Å². The number of amides is 2. The number of aliphatic hydroxyl groups is 1. The van der Waals surface area contributed by atoms with E-state index in [0.717, 1.165) is 9.91 Å². The summed E-state index contributed by atoms with van der Waals surface area (Å²) in [5.74, 6) is -2.06. The standard InChI is InChI=1S/C21H22N4O6S3/c1-3-31-21(22-16(27)15(26)12-7-5-4-6-8-12)18(30)25-14(17(28)29)13(9-32-19(21)25)10-33-20-24-23-11(2)34-20/h4-8,15,19,26H,3,9-10H2,1-2H3,(H,22,27)(H,28,29)/t15?,19-,21?/m0/s1. The number of aryl methyl sites for hydroxylation is 1. The van der Waals surface area contributed by atoms with Crippen LogP contribution in [0.15, 0.2) is 45.9 Å². The fourth-order valence-electron chi connectivity index (χ4n) is 3.74. The van der Waals surface area contributed by atoms with Crippen molar-refractivity contribution in [3.05, 3.63) is 52.2 Å². The lowest BCUT2D eigenvalue weighted by Crippen LogP contribution is -2.81. The van der Waals surface area contributed by atoms with E-state index in [1.54, 1.807) is 37.3 Å². The van der Waals surface area contributed by atoms with Gasteiger partial charge < -0.3 is 20.3 Å². The van der Waals surface area contributed by atoms with E-state index in [0.29, 0.717) is 27.0 Å². The first kappa shape index (κ1) is 24.7. The number of carboxylic acid groups (broad SMARTS) is 1. The number of β-lactam (4-membered cyclic amide) rings is 1. The highest BCUT2D eigenvalue weighted by Crippen LogP contribution is 2.47. The lowest BCUT2D eigenvalue weighted by atomic mass is 9.97. The number of rotatable bonds is 9. The molecule has 3 atom stereocenters. The zero-order valence-electron chi connectivity index (χ0n) is 18.3. The molecule has 34 heavy (non-hydrogen) atoms. The fourth-order valence-corrected chi connectivity index (χ4v) is 7.10. The number of aromatic nitrogens is 2. The average molecular weight is 523 g/mol. The van der Waals surface area contributed by atoms with Crippen molar-refractivity contribution in [1.29, 1.82) is 0 Å². The van der Waals surface area contributed by atoms with Crippen LogP contribution in [0.1, 0.15) is 23.6 Å². The monoisotopic (exact) mass is 522 g/mol. The maximum atomic E-state index is 13.3. The van der Waals surface area contributed by atoms with Gasteiger partial charge in [-0.25, -0.2) is 4.79 Å². The van der Waals surface area contributed by atoms with E-state index in [4.69, 9.17) is 4.74 Å². The molecule has 3 N–H and O–H groups in total. The van der Waals surface area contributed by atoms with Crippen molar-refractivity contribution in [3.8, 4) is 0 Å².